The molecule has 1 saturated heterocycles. The van der Waals surface area contributed by atoms with Crippen molar-refractivity contribution in [2.45, 2.75) is 83.8 Å². The number of nitrogens with zero attached hydrogens (tertiary/aromatic N) is 4. The molecular weight excluding hydrogens is 418 g/mol. The summed E-state index contributed by atoms with van der Waals surface area (Å²) in [5, 5.41) is 0. The van der Waals surface area contributed by atoms with E-state index < -0.39 is 12.0 Å². The predicted octanol–water partition coefficient (Wildman–Crippen LogP) is 3.98. The van der Waals surface area contributed by atoms with Gasteiger partial charge in [0.05, 0.1) is 18.1 Å². The largest absolute Gasteiger partial charge is 0.451 e. The van der Waals surface area contributed by atoms with Crippen molar-refractivity contribution >= 4 is 23.0 Å². The number of ether oxygens (including phenoxy) is 1. The molecule has 8 nitrogen and oxygen atoms in total. The molecule has 1 aromatic carbocycles. The average Bonchev–Trinajstić information content (AvgIpc) is 3.11. The number of piperidine rings is 1. The van der Waals surface area contributed by atoms with E-state index in [1.807, 2.05) is 24.3 Å². The first-order valence-electron chi connectivity index (χ1n) is 12.3. The second-order valence-electron chi connectivity index (χ2n) is 9.00. The maximum absolute atomic E-state index is 12.1. The summed E-state index contributed by atoms with van der Waals surface area (Å²) in [4.78, 5) is 30.8. The number of imidazole rings is 1. The normalized spacial score (nSPS) is 16.1. The van der Waals surface area contributed by atoms with E-state index in [9.17, 15) is 9.59 Å². The zero-order chi connectivity index (χ0) is 23.8. The molecule has 0 bridgehead atoms. The Morgan fingerprint density at radius 3 is 2.24 bits per heavy atom. The Labute approximate surface area is 196 Å². The molecule has 1 aromatic heterocycles. The van der Waals surface area contributed by atoms with Gasteiger partial charge in [-0.25, -0.2) is 4.79 Å². The highest BCUT2D eigenvalue weighted by Gasteiger charge is 2.28. The van der Waals surface area contributed by atoms with Gasteiger partial charge in [0.1, 0.15) is 6.54 Å². The van der Waals surface area contributed by atoms with Gasteiger partial charge < -0.3 is 24.5 Å². The molecule has 1 aliphatic heterocycles. The molecule has 0 aliphatic carbocycles. The number of para-hydroxylation sites is 2. The van der Waals surface area contributed by atoms with Gasteiger partial charge in [-0.15, -0.1) is 4.99 Å². The Kier molecular flexibility index (Phi) is 9.11. The Bertz CT molecular complexity index is 993. The van der Waals surface area contributed by atoms with Crippen molar-refractivity contribution in [2.24, 2.45) is 10.7 Å². The number of likely N-dealkylation sites (tertiary alicyclic amines) is 1. The predicted molar refractivity (Wildman–Crippen MR) is 130 cm³/mol. The van der Waals surface area contributed by atoms with Crippen LogP contribution in [0.2, 0.25) is 0 Å². The van der Waals surface area contributed by atoms with E-state index >= 15 is 0 Å². The van der Waals surface area contributed by atoms with E-state index in [2.05, 4.69) is 28.3 Å². The van der Waals surface area contributed by atoms with Gasteiger partial charge in [-0.2, -0.15) is 0 Å². The van der Waals surface area contributed by atoms with Crippen molar-refractivity contribution in [3.8, 4) is 0 Å². The number of rotatable bonds is 10. The fraction of sp³-hybridized carbons (Fsp3) is 0.640. The van der Waals surface area contributed by atoms with Crippen LogP contribution in [-0.2, 0) is 16.1 Å². The van der Waals surface area contributed by atoms with Crippen LogP contribution in [0.4, 0.5) is 4.79 Å². The third-order valence-corrected chi connectivity index (χ3v) is 6.73. The lowest BCUT2D eigenvalue weighted by Crippen LogP contribution is -2.43. The molecule has 0 saturated carbocycles. The van der Waals surface area contributed by atoms with E-state index in [4.69, 9.17) is 10.5 Å². The summed E-state index contributed by atoms with van der Waals surface area (Å²) in [5.74, 6) is -0.478. The van der Waals surface area contributed by atoms with E-state index in [1.165, 1.54) is 45.6 Å². The van der Waals surface area contributed by atoms with Gasteiger partial charge in [0.2, 0.25) is 11.5 Å². The van der Waals surface area contributed by atoms with E-state index in [-0.39, 0.29) is 12.6 Å². The summed E-state index contributed by atoms with van der Waals surface area (Å²) in [5.41, 5.74) is 7.75. The van der Waals surface area contributed by atoms with Crippen molar-refractivity contribution in [1.82, 2.24) is 14.0 Å². The molecule has 182 valence electrons. The fourth-order valence-corrected chi connectivity index (χ4v) is 5.05. The number of primary amides is 1. The monoisotopic (exact) mass is 457 g/mol. The first kappa shape index (κ1) is 25.0. The third-order valence-electron chi connectivity index (χ3n) is 6.73. The van der Waals surface area contributed by atoms with Gasteiger partial charge in [-0.1, -0.05) is 51.7 Å². The minimum atomic E-state index is -0.686. The lowest BCUT2D eigenvalue weighted by atomic mass is 9.97. The first-order chi connectivity index (χ1) is 16.0. The number of amides is 2. The molecule has 1 fully saturated rings. The summed E-state index contributed by atoms with van der Waals surface area (Å²) in [7, 11) is 1.31. The van der Waals surface area contributed by atoms with Crippen LogP contribution in [0.5, 0.6) is 0 Å². The molecule has 8 heteroatoms. The van der Waals surface area contributed by atoms with Gasteiger partial charge in [0, 0.05) is 25.2 Å². The SMILES string of the molecule is CCCCC(CCCC)N1CCC(n2/c(=N/C(=O)OC)n(CC(N)=O)c3ccccc32)CC1. The van der Waals surface area contributed by atoms with Crippen molar-refractivity contribution < 1.29 is 14.3 Å². The number of unbranched alkanes of at least 4 members (excludes halogenated alkanes) is 2. The minimum Gasteiger partial charge on any atom is -0.451 e. The zero-order valence-corrected chi connectivity index (χ0v) is 20.3. The Balaban J connectivity index is 1.94. The van der Waals surface area contributed by atoms with Crippen LogP contribution in [-0.4, -0.2) is 52.3 Å². The van der Waals surface area contributed by atoms with Gasteiger partial charge in [0.25, 0.3) is 0 Å². The topological polar surface area (TPSA) is 94.8 Å². The number of nitrogens with two attached hydrogens (primary N) is 1. The molecule has 1 aliphatic rings. The van der Waals surface area contributed by atoms with Crippen molar-refractivity contribution in [2.75, 3.05) is 20.2 Å². The summed E-state index contributed by atoms with van der Waals surface area (Å²) in [6, 6.07) is 8.66. The summed E-state index contributed by atoms with van der Waals surface area (Å²) in [6.07, 6.45) is 8.76. The molecule has 0 spiro atoms. The van der Waals surface area contributed by atoms with E-state index in [0.717, 1.165) is 37.0 Å². The molecule has 0 unspecified atom stereocenters. The number of benzene rings is 1. The van der Waals surface area contributed by atoms with Gasteiger partial charge in [-0.05, 0) is 37.8 Å². The highest BCUT2D eigenvalue weighted by Crippen LogP contribution is 2.29. The second-order valence-corrected chi connectivity index (χ2v) is 9.00. The van der Waals surface area contributed by atoms with Gasteiger partial charge in [-0.3, -0.25) is 4.79 Å². The molecule has 2 heterocycles. The van der Waals surface area contributed by atoms with Gasteiger partial charge in [0.15, 0.2) is 0 Å². The number of methoxy groups -OCH3 is 1. The molecule has 33 heavy (non-hydrogen) atoms. The summed E-state index contributed by atoms with van der Waals surface area (Å²) in [6.45, 7) is 6.51. The van der Waals surface area contributed by atoms with Crippen LogP contribution < -0.4 is 11.4 Å². The van der Waals surface area contributed by atoms with Crippen LogP contribution >= 0.6 is 0 Å². The van der Waals surface area contributed by atoms with Crippen LogP contribution in [0.15, 0.2) is 29.3 Å². The Hall–Kier alpha value is -2.61. The van der Waals surface area contributed by atoms with Crippen LogP contribution in [0, 0.1) is 0 Å². The maximum atomic E-state index is 12.1. The maximum Gasteiger partial charge on any atom is 0.436 e. The summed E-state index contributed by atoms with van der Waals surface area (Å²) >= 11 is 0. The molecule has 3 rings (SSSR count). The standard InChI is InChI=1S/C25H39N5O3/c1-4-6-10-19(11-7-5-2)28-16-14-20(15-17-28)30-22-13-9-8-12-21(22)29(18-23(26)31)24(30)27-25(32)33-3/h8-9,12-13,19-20H,4-7,10-11,14-18H2,1-3H3,(H2,26,31)/b27-24+. The van der Waals surface area contributed by atoms with Gasteiger partial charge >= 0.3 is 6.09 Å². The number of carbonyl (C=O) groups excluding carboxylic acids is 2. The van der Waals surface area contributed by atoms with Crippen molar-refractivity contribution in [3.05, 3.63) is 29.9 Å². The number of aromatic nitrogens is 2. The third kappa shape index (κ3) is 6.05. The Morgan fingerprint density at radius 1 is 1.09 bits per heavy atom. The molecular formula is C25H39N5O3. The van der Waals surface area contributed by atoms with Crippen molar-refractivity contribution in [1.29, 1.82) is 0 Å². The lowest BCUT2D eigenvalue weighted by molar-refractivity contribution is -0.118. The van der Waals surface area contributed by atoms with Crippen LogP contribution in [0.25, 0.3) is 11.0 Å². The molecule has 0 atom stereocenters. The second kappa shape index (κ2) is 12.0. The van der Waals surface area contributed by atoms with Crippen LogP contribution in [0.3, 0.4) is 0 Å². The number of carbonyl (C=O) groups is 2. The van der Waals surface area contributed by atoms with Crippen molar-refractivity contribution in [3.63, 3.8) is 0 Å². The molecule has 0 radical (unpaired) electrons. The highest BCUT2D eigenvalue weighted by molar-refractivity contribution is 5.80. The molecule has 2 amide bonds. The van der Waals surface area contributed by atoms with E-state index in [0.29, 0.717) is 11.7 Å². The minimum absolute atomic E-state index is 0.0434. The lowest BCUT2D eigenvalue weighted by Gasteiger charge is -2.38. The fourth-order valence-electron chi connectivity index (χ4n) is 5.05. The first-order valence-corrected chi connectivity index (χ1v) is 12.3. The van der Waals surface area contributed by atoms with Crippen LogP contribution in [0.1, 0.15) is 71.3 Å². The number of hydrogen-bond acceptors (Lipinski definition) is 4. The zero-order valence-electron chi connectivity index (χ0n) is 20.3. The quantitative estimate of drug-likeness (QED) is 0.584. The van der Waals surface area contributed by atoms with E-state index in [1.54, 1.807) is 4.57 Å². The molecule has 2 N–H and O–H groups in total. The smallest absolute Gasteiger partial charge is 0.436 e. The molecule has 2 aromatic rings. The Morgan fingerprint density at radius 2 is 1.70 bits per heavy atom. The summed E-state index contributed by atoms with van der Waals surface area (Å²) < 4.78 is 8.66. The highest BCUT2D eigenvalue weighted by atomic mass is 16.5. The number of fused-ring (bicyclic) bond motifs is 1. The average molecular weight is 458 g/mol. The number of hydrogen-bond donors (Lipinski definition) is 1.